The molecule has 0 unspecified atom stereocenters. The van der Waals surface area contributed by atoms with Gasteiger partial charge in [-0.1, -0.05) is 88.1 Å². The van der Waals surface area contributed by atoms with Gasteiger partial charge in [0.15, 0.2) is 0 Å². The second kappa shape index (κ2) is 12.1. The number of amidine groups is 1. The molecule has 166 valence electrons. The van der Waals surface area contributed by atoms with Gasteiger partial charge in [-0.15, -0.1) is 12.4 Å². The molecule has 1 aliphatic carbocycles. The van der Waals surface area contributed by atoms with E-state index in [1.54, 1.807) is 0 Å². The van der Waals surface area contributed by atoms with Crippen LogP contribution in [0, 0.1) is 5.41 Å². The van der Waals surface area contributed by atoms with E-state index in [0.29, 0.717) is 11.7 Å². The highest BCUT2D eigenvalue weighted by Gasteiger charge is 2.52. The third-order valence-corrected chi connectivity index (χ3v) is 6.11. The number of aromatic nitrogens is 2. The molecule has 3 rings (SSSR count). The lowest BCUT2D eigenvalue weighted by molar-refractivity contribution is 0.367. The van der Waals surface area contributed by atoms with Gasteiger partial charge in [0.05, 0.1) is 0 Å². The molecule has 5 nitrogen and oxygen atoms in total. The predicted octanol–water partition coefficient (Wildman–Crippen LogP) is 6.59. The number of nitrogens with zero attached hydrogens (tertiary/aromatic N) is 2. The van der Waals surface area contributed by atoms with Gasteiger partial charge in [0.1, 0.15) is 11.3 Å². The number of halogens is 1. The van der Waals surface area contributed by atoms with E-state index >= 15 is 0 Å². The second-order valence-electron chi connectivity index (χ2n) is 8.55. The van der Waals surface area contributed by atoms with Gasteiger partial charge in [0, 0.05) is 5.56 Å². The maximum atomic E-state index is 7.77. The molecule has 0 aliphatic heterocycles. The molecule has 0 radical (unpaired) electrons. The van der Waals surface area contributed by atoms with E-state index in [4.69, 9.17) is 15.7 Å². The molecule has 30 heavy (non-hydrogen) atoms. The molecular weight excluding hydrogens is 396 g/mol. The van der Waals surface area contributed by atoms with Gasteiger partial charge in [-0.25, -0.2) is 0 Å². The van der Waals surface area contributed by atoms with E-state index < -0.39 is 5.41 Å². The van der Waals surface area contributed by atoms with Crippen LogP contribution >= 0.6 is 12.4 Å². The zero-order valence-electron chi connectivity index (χ0n) is 18.3. The van der Waals surface area contributed by atoms with Crippen molar-refractivity contribution in [1.29, 1.82) is 5.41 Å². The number of nitrogens with two attached hydrogens (primary N) is 1. The van der Waals surface area contributed by atoms with Gasteiger partial charge >= 0.3 is 0 Å². The number of unbranched alkanes of at least 4 members (excludes halogenated alkanes) is 9. The average Bonchev–Trinajstić information content (AvgIpc) is 3.40. The first kappa shape index (κ1) is 24.4. The Morgan fingerprint density at radius 1 is 1.03 bits per heavy atom. The molecule has 1 saturated carbocycles. The van der Waals surface area contributed by atoms with E-state index in [0.717, 1.165) is 24.8 Å². The van der Waals surface area contributed by atoms with Crippen LogP contribution in [-0.4, -0.2) is 16.0 Å². The van der Waals surface area contributed by atoms with Crippen molar-refractivity contribution in [3.05, 3.63) is 35.7 Å². The molecule has 1 heterocycles. The summed E-state index contributed by atoms with van der Waals surface area (Å²) in [5.74, 6) is 1.21. The first-order valence-electron chi connectivity index (χ1n) is 11.4. The monoisotopic (exact) mass is 432 g/mol. The lowest BCUT2D eigenvalue weighted by atomic mass is 10.0. The Labute approximate surface area is 187 Å². The van der Waals surface area contributed by atoms with Crippen LogP contribution in [0.2, 0.25) is 0 Å². The van der Waals surface area contributed by atoms with Crippen LogP contribution in [0.25, 0.3) is 11.4 Å². The second-order valence-corrected chi connectivity index (χ2v) is 8.55. The van der Waals surface area contributed by atoms with Crippen LogP contribution < -0.4 is 5.73 Å². The van der Waals surface area contributed by atoms with Crippen LogP contribution in [-0.2, 0) is 11.8 Å². The fourth-order valence-electron chi connectivity index (χ4n) is 3.94. The minimum atomic E-state index is -0.501. The third-order valence-electron chi connectivity index (χ3n) is 6.11. The van der Waals surface area contributed by atoms with Crippen molar-refractivity contribution < 1.29 is 4.52 Å². The van der Waals surface area contributed by atoms with Crippen molar-refractivity contribution in [3.63, 3.8) is 0 Å². The molecular formula is C24H37ClN4O. The summed E-state index contributed by atoms with van der Waals surface area (Å²) < 4.78 is 5.43. The molecule has 3 N–H and O–H groups in total. The number of hydrogen-bond donors (Lipinski definition) is 2. The van der Waals surface area contributed by atoms with Gasteiger partial charge < -0.3 is 10.3 Å². The summed E-state index contributed by atoms with van der Waals surface area (Å²) in [6.45, 7) is 2.27. The summed E-state index contributed by atoms with van der Waals surface area (Å²) in [4.78, 5) is 4.54. The average molecular weight is 433 g/mol. The van der Waals surface area contributed by atoms with E-state index in [1.165, 1.54) is 69.8 Å². The molecule has 1 aliphatic rings. The van der Waals surface area contributed by atoms with Crippen LogP contribution in [0.15, 0.2) is 28.8 Å². The molecule has 0 amide bonds. The third kappa shape index (κ3) is 6.56. The first-order valence-corrected chi connectivity index (χ1v) is 11.4. The smallest absolute Gasteiger partial charge is 0.240 e. The summed E-state index contributed by atoms with van der Waals surface area (Å²) in [7, 11) is 0. The van der Waals surface area contributed by atoms with Crippen molar-refractivity contribution in [3.8, 4) is 11.4 Å². The van der Waals surface area contributed by atoms with Gasteiger partial charge in [-0.3, -0.25) is 5.41 Å². The summed E-state index contributed by atoms with van der Waals surface area (Å²) in [6, 6.07) is 8.42. The maximum Gasteiger partial charge on any atom is 0.240 e. The van der Waals surface area contributed by atoms with Gasteiger partial charge in [0.2, 0.25) is 11.7 Å². The fourth-order valence-corrected chi connectivity index (χ4v) is 3.94. The lowest BCUT2D eigenvalue weighted by Gasteiger charge is -2.06. The summed E-state index contributed by atoms with van der Waals surface area (Å²) >= 11 is 0. The molecule has 0 spiro atoms. The Balaban J connectivity index is 0.00000320. The van der Waals surface area contributed by atoms with E-state index in [-0.39, 0.29) is 18.2 Å². The van der Waals surface area contributed by atoms with Crippen LogP contribution in [0.5, 0.6) is 0 Å². The standard InChI is InChI=1S/C24H36N4O.ClH/c1-2-3-4-5-6-7-8-9-10-11-13-19-14-12-15-20(18-19)21-27-23(29-28-21)24(16-17-24)22(25)26;/h12,14-15,18H,2-11,13,16-17H2,1H3,(H3,25,26);1H. The largest absolute Gasteiger partial charge is 0.387 e. The lowest BCUT2D eigenvalue weighted by Crippen LogP contribution is -2.27. The van der Waals surface area contributed by atoms with Crippen molar-refractivity contribution >= 4 is 18.2 Å². The molecule has 2 aromatic rings. The Bertz CT molecular complexity index is 785. The maximum absolute atomic E-state index is 7.77. The summed E-state index contributed by atoms with van der Waals surface area (Å²) in [6.07, 6.45) is 16.3. The van der Waals surface area contributed by atoms with Crippen LogP contribution in [0.1, 0.15) is 95.4 Å². The number of hydrogen-bond acceptors (Lipinski definition) is 4. The number of rotatable bonds is 14. The van der Waals surface area contributed by atoms with Crippen LogP contribution in [0.3, 0.4) is 0 Å². The summed E-state index contributed by atoms with van der Waals surface area (Å²) in [5.41, 5.74) is 7.51. The van der Waals surface area contributed by atoms with Gasteiger partial charge in [-0.05, 0) is 37.3 Å². The topological polar surface area (TPSA) is 88.8 Å². The van der Waals surface area contributed by atoms with Crippen LogP contribution in [0.4, 0.5) is 0 Å². The zero-order chi connectivity index (χ0) is 20.5. The number of nitrogens with one attached hydrogen (secondary N) is 1. The highest BCUT2D eigenvalue weighted by atomic mass is 35.5. The quantitative estimate of drug-likeness (QED) is 0.200. The Hall–Kier alpha value is -1.88. The molecule has 0 bridgehead atoms. The number of aryl methyl sites for hydroxylation is 1. The number of benzene rings is 1. The van der Waals surface area contributed by atoms with Gasteiger partial charge in [0.25, 0.3) is 0 Å². The van der Waals surface area contributed by atoms with Crippen molar-refractivity contribution in [1.82, 2.24) is 10.1 Å². The summed E-state index contributed by atoms with van der Waals surface area (Å²) in [5, 5.41) is 11.9. The first-order chi connectivity index (χ1) is 14.2. The van der Waals surface area contributed by atoms with Gasteiger partial charge in [-0.2, -0.15) is 4.98 Å². The minimum absolute atomic E-state index is 0. The minimum Gasteiger partial charge on any atom is -0.387 e. The highest BCUT2D eigenvalue weighted by molar-refractivity contribution is 5.91. The Morgan fingerprint density at radius 2 is 1.67 bits per heavy atom. The van der Waals surface area contributed by atoms with Crippen molar-refractivity contribution in [2.24, 2.45) is 5.73 Å². The fraction of sp³-hybridized carbons (Fsp3) is 0.625. The highest BCUT2D eigenvalue weighted by Crippen LogP contribution is 2.47. The van der Waals surface area contributed by atoms with E-state index in [1.807, 2.05) is 6.07 Å². The van der Waals surface area contributed by atoms with Crippen molar-refractivity contribution in [2.75, 3.05) is 0 Å². The predicted molar refractivity (Wildman–Crippen MR) is 125 cm³/mol. The molecule has 1 aromatic heterocycles. The normalized spacial score (nSPS) is 14.3. The molecule has 6 heteroatoms. The molecule has 1 aromatic carbocycles. The van der Waals surface area contributed by atoms with E-state index in [2.05, 4.69) is 35.3 Å². The SMILES string of the molecule is CCCCCCCCCCCCc1cccc(-c2noc(C3(C(=N)N)CC3)n2)c1.Cl. The Kier molecular flexibility index (Phi) is 9.83. The Morgan fingerprint density at radius 3 is 2.27 bits per heavy atom. The zero-order valence-corrected chi connectivity index (χ0v) is 19.1. The molecule has 0 saturated heterocycles. The van der Waals surface area contributed by atoms with Crippen molar-refractivity contribution in [2.45, 2.75) is 95.8 Å². The molecule has 0 atom stereocenters. The van der Waals surface area contributed by atoms with E-state index in [9.17, 15) is 0 Å². The molecule has 1 fully saturated rings.